The van der Waals surface area contributed by atoms with Crippen molar-refractivity contribution in [1.29, 1.82) is 0 Å². The summed E-state index contributed by atoms with van der Waals surface area (Å²) in [5.41, 5.74) is 13.1. The Morgan fingerprint density at radius 3 is 1.07 bits per heavy atom. The molecule has 2 nitrogen and oxygen atoms in total. The van der Waals surface area contributed by atoms with Crippen LogP contribution >= 0.6 is 0 Å². The van der Waals surface area contributed by atoms with Crippen molar-refractivity contribution in [2.75, 3.05) is 0 Å². The van der Waals surface area contributed by atoms with Gasteiger partial charge in [-0.25, -0.2) is 0 Å². The summed E-state index contributed by atoms with van der Waals surface area (Å²) < 4.78 is 0. The molecule has 0 aliphatic heterocycles. The Balaban J connectivity index is 3.96. The zero-order chi connectivity index (χ0) is 11.6. The Kier molecular flexibility index (Phi) is 5.04. The van der Waals surface area contributed by atoms with Crippen molar-refractivity contribution in [1.82, 2.24) is 0 Å². The Hall–Kier alpha value is 0.354. The van der Waals surface area contributed by atoms with Crippen LogP contribution in [0.5, 0.6) is 0 Å². The minimum atomic E-state index is -1.15. The van der Waals surface area contributed by atoms with Crippen LogP contribution in [0, 0.1) is 0 Å². The van der Waals surface area contributed by atoms with Crippen LogP contribution in [-0.2, 0) is 0 Å². The standard InChI is InChI=1S/C10H28N2Si2/c1-13(2,3)9(11)7-8-10(12)14(4,5)6/h9-10H,7-8,11-12H2,1-6H3. The number of nitrogens with two attached hydrogens (primary N) is 2. The molecule has 0 aliphatic carbocycles. The van der Waals surface area contributed by atoms with Gasteiger partial charge in [-0.05, 0) is 24.2 Å². The van der Waals surface area contributed by atoms with Crippen molar-refractivity contribution < 1.29 is 0 Å². The van der Waals surface area contributed by atoms with Gasteiger partial charge < -0.3 is 11.5 Å². The summed E-state index contributed by atoms with van der Waals surface area (Å²) in [6.07, 6.45) is 2.22. The summed E-state index contributed by atoms with van der Waals surface area (Å²) in [6.45, 7) is 14.0. The first-order valence-electron chi connectivity index (χ1n) is 5.56. The van der Waals surface area contributed by atoms with Crippen molar-refractivity contribution in [3.05, 3.63) is 0 Å². The molecule has 0 heterocycles. The fourth-order valence-electron chi connectivity index (χ4n) is 1.23. The summed E-state index contributed by atoms with van der Waals surface area (Å²) in [5, 5.41) is 0. The van der Waals surface area contributed by atoms with E-state index in [1.54, 1.807) is 0 Å². The van der Waals surface area contributed by atoms with Gasteiger partial charge in [0.05, 0.1) is 16.1 Å². The molecule has 0 bridgehead atoms. The zero-order valence-corrected chi connectivity index (χ0v) is 12.7. The average Bonchev–Trinajstić information content (AvgIpc) is 1.95. The lowest BCUT2D eigenvalue weighted by atomic mass is 10.3. The second-order valence-corrected chi connectivity index (χ2v) is 17.5. The number of hydrogen-bond donors (Lipinski definition) is 2. The third-order valence-corrected chi connectivity index (χ3v) is 8.04. The van der Waals surface area contributed by atoms with E-state index in [-0.39, 0.29) is 0 Å². The predicted molar refractivity (Wildman–Crippen MR) is 71.9 cm³/mol. The molecule has 0 aliphatic rings. The lowest BCUT2D eigenvalue weighted by molar-refractivity contribution is 0.656. The lowest BCUT2D eigenvalue weighted by Crippen LogP contribution is -2.49. The smallest absolute Gasteiger partial charge is 0.0632 e. The van der Waals surface area contributed by atoms with Gasteiger partial charge in [0.25, 0.3) is 0 Å². The molecular weight excluding hydrogens is 204 g/mol. The highest BCUT2D eigenvalue weighted by atomic mass is 28.3. The number of hydrogen-bond acceptors (Lipinski definition) is 2. The molecule has 0 saturated carbocycles. The molecule has 0 radical (unpaired) electrons. The van der Waals surface area contributed by atoms with Crippen LogP contribution in [0.1, 0.15) is 12.8 Å². The van der Waals surface area contributed by atoms with Crippen molar-refractivity contribution in [2.45, 2.75) is 63.5 Å². The Morgan fingerprint density at radius 2 is 0.929 bits per heavy atom. The number of rotatable bonds is 5. The maximum Gasteiger partial charge on any atom is 0.0632 e. The zero-order valence-electron chi connectivity index (χ0n) is 10.7. The fraction of sp³-hybridized carbons (Fsp3) is 1.00. The Morgan fingerprint density at radius 1 is 0.714 bits per heavy atom. The molecular formula is C10H28N2Si2. The van der Waals surface area contributed by atoms with E-state index in [1.807, 2.05) is 0 Å². The highest BCUT2D eigenvalue weighted by Crippen LogP contribution is 2.15. The van der Waals surface area contributed by atoms with Gasteiger partial charge in [-0.3, -0.25) is 0 Å². The molecule has 0 amide bonds. The lowest BCUT2D eigenvalue weighted by Gasteiger charge is -2.29. The van der Waals surface area contributed by atoms with Gasteiger partial charge in [0.2, 0.25) is 0 Å². The van der Waals surface area contributed by atoms with Gasteiger partial charge in [0.1, 0.15) is 0 Å². The first-order chi connectivity index (χ1) is 6.05. The summed E-state index contributed by atoms with van der Waals surface area (Å²) in [4.78, 5) is 0. The maximum atomic E-state index is 6.16. The average molecular weight is 233 g/mol. The maximum absolute atomic E-state index is 6.16. The van der Waals surface area contributed by atoms with Crippen molar-refractivity contribution in [3.63, 3.8) is 0 Å². The predicted octanol–water partition coefficient (Wildman–Crippen LogP) is 2.18. The van der Waals surface area contributed by atoms with Crippen LogP contribution in [0.25, 0.3) is 0 Å². The van der Waals surface area contributed by atoms with Crippen LogP contribution in [0.4, 0.5) is 0 Å². The van der Waals surface area contributed by atoms with Crippen LogP contribution in [0.3, 0.4) is 0 Å². The van der Waals surface area contributed by atoms with E-state index < -0.39 is 16.1 Å². The van der Waals surface area contributed by atoms with E-state index in [2.05, 4.69) is 39.3 Å². The summed E-state index contributed by atoms with van der Waals surface area (Å²) in [7, 11) is -2.30. The topological polar surface area (TPSA) is 52.0 Å². The van der Waals surface area contributed by atoms with Crippen molar-refractivity contribution in [2.24, 2.45) is 11.5 Å². The second-order valence-electron chi connectivity index (χ2n) is 6.52. The monoisotopic (exact) mass is 232 g/mol. The third kappa shape index (κ3) is 5.29. The van der Waals surface area contributed by atoms with E-state index in [9.17, 15) is 0 Å². The highest BCUT2D eigenvalue weighted by Gasteiger charge is 2.27. The van der Waals surface area contributed by atoms with Crippen LogP contribution in [0.2, 0.25) is 39.3 Å². The first-order valence-corrected chi connectivity index (χ1v) is 12.7. The molecule has 4 heteroatoms. The van der Waals surface area contributed by atoms with Crippen LogP contribution in [0.15, 0.2) is 0 Å². The quantitative estimate of drug-likeness (QED) is 0.714. The summed E-state index contributed by atoms with van der Waals surface area (Å²) in [5.74, 6) is 0. The molecule has 0 saturated heterocycles. The molecule has 0 aromatic carbocycles. The highest BCUT2D eigenvalue weighted by molar-refractivity contribution is 6.78. The molecule has 0 aromatic rings. The largest absolute Gasteiger partial charge is 0.330 e. The molecule has 2 unspecified atom stereocenters. The SMILES string of the molecule is C[Si](C)(C)C(N)CCC(N)[Si](C)(C)C. The van der Waals surface area contributed by atoms with Gasteiger partial charge in [-0.1, -0.05) is 39.3 Å². The van der Waals surface area contributed by atoms with E-state index in [0.29, 0.717) is 11.3 Å². The summed E-state index contributed by atoms with van der Waals surface area (Å²) >= 11 is 0. The molecule has 2 atom stereocenters. The Bertz CT molecular complexity index is 150. The molecule has 86 valence electrons. The third-order valence-electron chi connectivity index (χ3n) is 3.01. The summed E-state index contributed by atoms with van der Waals surface area (Å²) in [6, 6.07) is 0. The second kappa shape index (κ2) is 4.92. The van der Waals surface area contributed by atoms with Gasteiger partial charge >= 0.3 is 0 Å². The first kappa shape index (κ1) is 14.4. The Labute approximate surface area is 91.5 Å². The molecule has 0 rings (SSSR count). The normalized spacial score (nSPS) is 18.0. The van der Waals surface area contributed by atoms with E-state index in [1.165, 1.54) is 0 Å². The molecule has 0 fully saturated rings. The van der Waals surface area contributed by atoms with E-state index in [0.717, 1.165) is 12.8 Å². The van der Waals surface area contributed by atoms with Crippen LogP contribution < -0.4 is 11.5 Å². The van der Waals surface area contributed by atoms with E-state index in [4.69, 9.17) is 11.5 Å². The minimum absolute atomic E-state index is 0.407. The fourth-order valence-corrected chi connectivity index (χ4v) is 3.29. The minimum Gasteiger partial charge on any atom is -0.330 e. The van der Waals surface area contributed by atoms with Crippen LogP contribution in [-0.4, -0.2) is 27.5 Å². The van der Waals surface area contributed by atoms with Gasteiger partial charge in [0, 0.05) is 0 Å². The van der Waals surface area contributed by atoms with Gasteiger partial charge in [0.15, 0.2) is 0 Å². The van der Waals surface area contributed by atoms with E-state index >= 15 is 0 Å². The van der Waals surface area contributed by atoms with Gasteiger partial charge in [-0.2, -0.15) is 0 Å². The molecule has 14 heavy (non-hydrogen) atoms. The van der Waals surface area contributed by atoms with Crippen molar-refractivity contribution in [3.8, 4) is 0 Å². The molecule has 0 aromatic heterocycles. The van der Waals surface area contributed by atoms with Gasteiger partial charge in [-0.15, -0.1) is 0 Å². The molecule has 0 spiro atoms. The van der Waals surface area contributed by atoms with Crippen molar-refractivity contribution >= 4 is 16.1 Å². The molecule has 4 N–H and O–H groups in total.